The molecule has 0 saturated heterocycles. The molecule has 1 rings (SSSR count). The van der Waals surface area contributed by atoms with Crippen LogP contribution in [0.15, 0.2) is 22.7 Å². The summed E-state index contributed by atoms with van der Waals surface area (Å²) in [6.45, 7) is 3.85. The van der Waals surface area contributed by atoms with Crippen LogP contribution in [0.1, 0.15) is 5.56 Å². The van der Waals surface area contributed by atoms with Crippen molar-refractivity contribution >= 4 is 21.6 Å². The molecule has 0 aromatic heterocycles. The molecule has 0 spiro atoms. The zero-order chi connectivity index (χ0) is 13.4. The number of halogens is 1. The first-order valence-corrected chi connectivity index (χ1v) is 6.67. The van der Waals surface area contributed by atoms with E-state index in [0.29, 0.717) is 26.4 Å². The van der Waals surface area contributed by atoms with Gasteiger partial charge in [0.25, 0.3) is 0 Å². The first-order valence-electron chi connectivity index (χ1n) is 5.88. The summed E-state index contributed by atoms with van der Waals surface area (Å²) in [7, 11) is 1.62. The molecule has 0 aliphatic carbocycles. The minimum Gasteiger partial charge on any atom is -0.389 e. The third-order valence-electron chi connectivity index (χ3n) is 2.46. The van der Waals surface area contributed by atoms with Crippen molar-refractivity contribution in [1.82, 2.24) is 0 Å². The first-order chi connectivity index (χ1) is 8.63. The molecule has 0 amide bonds. The molecule has 1 unspecified atom stereocenters. The molecule has 0 aliphatic rings. The molecule has 4 nitrogen and oxygen atoms in total. The fraction of sp³-hybridized carbons (Fsp3) is 0.538. The van der Waals surface area contributed by atoms with Gasteiger partial charge in [0.05, 0.1) is 25.9 Å². The summed E-state index contributed by atoms with van der Waals surface area (Å²) in [4.78, 5) is 0. The molecule has 1 aromatic rings. The van der Waals surface area contributed by atoms with Gasteiger partial charge < -0.3 is 19.9 Å². The highest BCUT2D eigenvalue weighted by molar-refractivity contribution is 9.10. The molecule has 1 aromatic carbocycles. The van der Waals surface area contributed by atoms with Crippen LogP contribution in [0.4, 0.5) is 5.69 Å². The molecule has 18 heavy (non-hydrogen) atoms. The van der Waals surface area contributed by atoms with Crippen LogP contribution in [-0.2, 0) is 9.47 Å². The van der Waals surface area contributed by atoms with Gasteiger partial charge in [-0.05, 0) is 24.6 Å². The van der Waals surface area contributed by atoms with Crippen LogP contribution in [0.2, 0.25) is 0 Å². The zero-order valence-corrected chi connectivity index (χ0v) is 12.4. The van der Waals surface area contributed by atoms with Crippen molar-refractivity contribution in [2.45, 2.75) is 13.0 Å². The summed E-state index contributed by atoms with van der Waals surface area (Å²) in [6.07, 6.45) is -0.526. The smallest absolute Gasteiger partial charge is 0.0945 e. The Morgan fingerprint density at radius 2 is 2.17 bits per heavy atom. The standard InChI is InChI=1S/C13H20BrNO3/c1-10-3-4-11(7-13(10)14)15-8-12(16)9-18-6-5-17-2/h3-4,7,12,15-16H,5-6,8-9H2,1-2H3. The molecular formula is C13H20BrNO3. The van der Waals surface area contributed by atoms with Gasteiger partial charge in [-0.3, -0.25) is 0 Å². The van der Waals surface area contributed by atoms with E-state index in [2.05, 4.69) is 21.2 Å². The summed E-state index contributed by atoms with van der Waals surface area (Å²) in [5.41, 5.74) is 2.16. The average molecular weight is 318 g/mol. The molecule has 0 bridgehead atoms. The van der Waals surface area contributed by atoms with E-state index in [1.807, 2.05) is 25.1 Å². The van der Waals surface area contributed by atoms with E-state index in [0.717, 1.165) is 10.2 Å². The van der Waals surface area contributed by atoms with Crippen molar-refractivity contribution < 1.29 is 14.6 Å². The van der Waals surface area contributed by atoms with Crippen molar-refractivity contribution in [2.75, 3.05) is 38.8 Å². The Bertz CT molecular complexity index is 360. The zero-order valence-electron chi connectivity index (χ0n) is 10.8. The fourth-order valence-electron chi connectivity index (χ4n) is 1.36. The van der Waals surface area contributed by atoms with Crippen LogP contribution in [0.5, 0.6) is 0 Å². The van der Waals surface area contributed by atoms with Crippen LogP contribution in [0.3, 0.4) is 0 Å². The van der Waals surface area contributed by atoms with Gasteiger partial charge in [0.15, 0.2) is 0 Å². The largest absolute Gasteiger partial charge is 0.389 e. The number of aryl methyl sites for hydroxylation is 1. The molecular weight excluding hydrogens is 298 g/mol. The van der Waals surface area contributed by atoms with E-state index >= 15 is 0 Å². The number of rotatable bonds is 8. The lowest BCUT2D eigenvalue weighted by molar-refractivity contribution is 0.0182. The van der Waals surface area contributed by atoms with E-state index in [9.17, 15) is 5.11 Å². The molecule has 0 aliphatic heterocycles. The summed E-state index contributed by atoms with van der Waals surface area (Å²) in [5.74, 6) is 0. The fourth-order valence-corrected chi connectivity index (χ4v) is 1.74. The summed E-state index contributed by atoms with van der Waals surface area (Å²) in [5, 5.41) is 12.9. The molecule has 0 radical (unpaired) electrons. The molecule has 0 saturated carbocycles. The quantitative estimate of drug-likeness (QED) is 0.722. The second-order valence-electron chi connectivity index (χ2n) is 4.07. The first kappa shape index (κ1) is 15.4. The van der Waals surface area contributed by atoms with Crippen molar-refractivity contribution in [2.24, 2.45) is 0 Å². The minimum atomic E-state index is -0.526. The highest BCUT2D eigenvalue weighted by Crippen LogP contribution is 2.20. The van der Waals surface area contributed by atoms with E-state index in [1.54, 1.807) is 7.11 Å². The van der Waals surface area contributed by atoms with Crippen LogP contribution >= 0.6 is 15.9 Å². The lowest BCUT2D eigenvalue weighted by atomic mass is 10.2. The SMILES string of the molecule is COCCOCC(O)CNc1ccc(C)c(Br)c1. The topological polar surface area (TPSA) is 50.7 Å². The number of methoxy groups -OCH3 is 1. The third kappa shape index (κ3) is 5.82. The lowest BCUT2D eigenvalue weighted by Crippen LogP contribution is -2.25. The number of ether oxygens (including phenoxy) is 2. The predicted molar refractivity (Wildman–Crippen MR) is 76.1 cm³/mol. The Labute approximate surface area is 116 Å². The molecule has 0 heterocycles. The van der Waals surface area contributed by atoms with Crippen LogP contribution in [-0.4, -0.2) is 44.7 Å². The van der Waals surface area contributed by atoms with Crippen molar-refractivity contribution in [3.63, 3.8) is 0 Å². The average Bonchev–Trinajstić information content (AvgIpc) is 2.36. The number of aliphatic hydroxyl groups excluding tert-OH is 1. The monoisotopic (exact) mass is 317 g/mol. The van der Waals surface area contributed by atoms with Gasteiger partial charge in [-0.2, -0.15) is 0 Å². The summed E-state index contributed by atoms with van der Waals surface area (Å²) in [6, 6.07) is 6.00. The van der Waals surface area contributed by atoms with Crippen LogP contribution < -0.4 is 5.32 Å². The van der Waals surface area contributed by atoms with Gasteiger partial charge in [0.2, 0.25) is 0 Å². The van der Waals surface area contributed by atoms with E-state index in [4.69, 9.17) is 9.47 Å². The second-order valence-corrected chi connectivity index (χ2v) is 4.92. The molecule has 2 N–H and O–H groups in total. The Hall–Kier alpha value is -0.620. The van der Waals surface area contributed by atoms with Gasteiger partial charge in [0, 0.05) is 23.8 Å². The van der Waals surface area contributed by atoms with E-state index in [1.165, 1.54) is 5.56 Å². The molecule has 102 valence electrons. The Morgan fingerprint density at radius 1 is 1.39 bits per heavy atom. The second kappa shape index (κ2) is 8.48. The minimum absolute atomic E-state index is 0.309. The Kier molecular flexibility index (Phi) is 7.27. The number of aliphatic hydroxyl groups is 1. The predicted octanol–water partition coefficient (Wildman–Crippen LogP) is 2.19. The number of hydrogen-bond acceptors (Lipinski definition) is 4. The Balaban J connectivity index is 2.24. The highest BCUT2D eigenvalue weighted by atomic mass is 79.9. The van der Waals surface area contributed by atoms with Gasteiger partial charge in [-0.25, -0.2) is 0 Å². The normalized spacial score (nSPS) is 12.4. The number of anilines is 1. The van der Waals surface area contributed by atoms with Crippen LogP contribution in [0.25, 0.3) is 0 Å². The molecule has 1 atom stereocenters. The van der Waals surface area contributed by atoms with E-state index in [-0.39, 0.29) is 0 Å². The number of nitrogens with one attached hydrogen (secondary N) is 1. The van der Waals surface area contributed by atoms with Crippen molar-refractivity contribution in [3.05, 3.63) is 28.2 Å². The molecule has 5 heteroatoms. The van der Waals surface area contributed by atoms with Gasteiger partial charge >= 0.3 is 0 Å². The summed E-state index contributed by atoms with van der Waals surface area (Å²) < 4.78 is 11.1. The lowest BCUT2D eigenvalue weighted by Gasteiger charge is -2.13. The van der Waals surface area contributed by atoms with Crippen molar-refractivity contribution in [1.29, 1.82) is 0 Å². The summed E-state index contributed by atoms with van der Waals surface area (Å²) >= 11 is 3.47. The van der Waals surface area contributed by atoms with Crippen molar-refractivity contribution in [3.8, 4) is 0 Å². The van der Waals surface area contributed by atoms with E-state index < -0.39 is 6.10 Å². The van der Waals surface area contributed by atoms with Crippen LogP contribution in [0, 0.1) is 6.92 Å². The molecule has 0 fully saturated rings. The number of benzene rings is 1. The Morgan fingerprint density at radius 3 is 2.83 bits per heavy atom. The van der Waals surface area contributed by atoms with Gasteiger partial charge in [-0.1, -0.05) is 22.0 Å². The maximum absolute atomic E-state index is 9.69. The van der Waals surface area contributed by atoms with Gasteiger partial charge in [0.1, 0.15) is 0 Å². The number of hydrogen-bond donors (Lipinski definition) is 2. The maximum atomic E-state index is 9.69. The van der Waals surface area contributed by atoms with Gasteiger partial charge in [-0.15, -0.1) is 0 Å². The maximum Gasteiger partial charge on any atom is 0.0945 e. The highest BCUT2D eigenvalue weighted by Gasteiger charge is 2.04. The third-order valence-corrected chi connectivity index (χ3v) is 3.31.